The van der Waals surface area contributed by atoms with Crippen LogP contribution in [0.4, 0.5) is 0 Å². The van der Waals surface area contributed by atoms with Gasteiger partial charge >= 0.3 is 5.97 Å². The van der Waals surface area contributed by atoms with E-state index < -0.39 is 11.7 Å². The smallest absolute Gasteiger partial charge is 0.363 e. The number of hydrogen-bond donors (Lipinski definition) is 2. The standard InChI is InChI=1S/C11H15NO3/c1-8(2)11(12,10(13)14)15-9-6-4-3-5-7-9/h3-8H,12H2,1-2H3,(H,13,14). The lowest BCUT2D eigenvalue weighted by Gasteiger charge is -2.29. The molecule has 15 heavy (non-hydrogen) atoms. The van der Waals surface area contributed by atoms with E-state index in [-0.39, 0.29) is 5.92 Å². The van der Waals surface area contributed by atoms with Crippen LogP contribution in [0.1, 0.15) is 13.8 Å². The van der Waals surface area contributed by atoms with E-state index >= 15 is 0 Å². The van der Waals surface area contributed by atoms with Crippen LogP contribution in [0, 0.1) is 5.92 Å². The summed E-state index contributed by atoms with van der Waals surface area (Å²) in [5.74, 6) is -1.03. The fourth-order valence-electron chi connectivity index (χ4n) is 1.09. The van der Waals surface area contributed by atoms with E-state index in [0.29, 0.717) is 5.75 Å². The maximum Gasteiger partial charge on any atom is 0.363 e. The van der Waals surface area contributed by atoms with E-state index in [1.165, 1.54) is 0 Å². The largest absolute Gasteiger partial charge is 0.477 e. The molecule has 3 N–H and O–H groups in total. The lowest BCUT2D eigenvalue weighted by atomic mass is 10.0. The molecular weight excluding hydrogens is 194 g/mol. The minimum atomic E-state index is -1.68. The predicted molar refractivity (Wildman–Crippen MR) is 56.5 cm³/mol. The predicted octanol–water partition coefficient (Wildman–Crippen LogP) is 1.46. The molecule has 4 nitrogen and oxygen atoms in total. The van der Waals surface area contributed by atoms with E-state index in [9.17, 15) is 4.79 Å². The topological polar surface area (TPSA) is 72.5 Å². The first-order chi connectivity index (χ1) is 6.97. The molecule has 1 aromatic rings. The highest BCUT2D eigenvalue weighted by Crippen LogP contribution is 2.21. The zero-order chi connectivity index (χ0) is 11.5. The van der Waals surface area contributed by atoms with E-state index in [4.69, 9.17) is 15.6 Å². The molecule has 0 saturated carbocycles. The van der Waals surface area contributed by atoms with Crippen molar-refractivity contribution in [2.45, 2.75) is 19.6 Å². The van der Waals surface area contributed by atoms with Crippen molar-refractivity contribution in [3.63, 3.8) is 0 Å². The average Bonchev–Trinajstić information content (AvgIpc) is 2.18. The van der Waals surface area contributed by atoms with Gasteiger partial charge in [-0.25, -0.2) is 4.79 Å². The lowest BCUT2D eigenvalue weighted by Crippen LogP contribution is -2.57. The third-order valence-corrected chi connectivity index (χ3v) is 2.22. The fourth-order valence-corrected chi connectivity index (χ4v) is 1.09. The quantitative estimate of drug-likeness (QED) is 0.736. The van der Waals surface area contributed by atoms with Crippen LogP contribution < -0.4 is 10.5 Å². The SMILES string of the molecule is CC(C)C(N)(Oc1ccccc1)C(=O)O. The van der Waals surface area contributed by atoms with Crippen LogP contribution in [0.2, 0.25) is 0 Å². The van der Waals surface area contributed by atoms with Crippen molar-refractivity contribution >= 4 is 5.97 Å². The monoisotopic (exact) mass is 209 g/mol. The third kappa shape index (κ3) is 2.47. The van der Waals surface area contributed by atoms with Crippen molar-refractivity contribution in [1.82, 2.24) is 0 Å². The first-order valence-electron chi connectivity index (χ1n) is 4.73. The molecule has 0 amide bonds. The van der Waals surface area contributed by atoms with Gasteiger partial charge in [0.15, 0.2) is 0 Å². The summed E-state index contributed by atoms with van der Waals surface area (Å²) in [5, 5.41) is 9.01. The Morgan fingerprint density at radius 3 is 2.33 bits per heavy atom. The molecule has 0 aliphatic rings. The van der Waals surface area contributed by atoms with Crippen LogP contribution in [-0.2, 0) is 4.79 Å². The summed E-state index contributed by atoms with van der Waals surface area (Å²) in [6.45, 7) is 3.41. The number of para-hydroxylation sites is 1. The molecule has 0 heterocycles. The van der Waals surface area contributed by atoms with Crippen molar-refractivity contribution in [1.29, 1.82) is 0 Å². The zero-order valence-corrected chi connectivity index (χ0v) is 8.81. The molecule has 1 rings (SSSR count). The molecule has 0 aliphatic carbocycles. The van der Waals surface area contributed by atoms with Gasteiger partial charge in [-0.1, -0.05) is 32.0 Å². The highest BCUT2D eigenvalue weighted by molar-refractivity contribution is 5.77. The molecule has 1 atom stereocenters. The number of ether oxygens (including phenoxy) is 1. The number of rotatable bonds is 4. The van der Waals surface area contributed by atoms with E-state index in [0.717, 1.165) is 0 Å². The maximum atomic E-state index is 11.0. The van der Waals surface area contributed by atoms with E-state index in [1.807, 2.05) is 6.07 Å². The molecule has 1 unspecified atom stereocenters. The second kappa shape index (κ2) is 4.31. The molecule has 82 valence electrons. The molecule has 0 bridgehead atoms. The normalized spacial score (nSPS) is 14.7. The molecule has 0 fully saturated rings. The van der Waals surface area contributed by atoms with Gasteiger partial charge in [0.1, 0.15) is 5.75 Å². The van der Waals surface area contributed by atoms with Gasteiger partial charge in [0, 0.05) is 5.92 Å². The molecule has 0 aliphatic heterocycles. The van der Waals surface area contributed by atoms with Gasteiger partial charge in [-0.05, 0) is 12.1 Å². The molecule has 0 spiro atoms. The van der Waals surface area contributed by atoms with Gasteiger partial charge in [0.25, 0.3) is 5.72 Å². The Balaban J connectivity index is 2.90. The Labute approximate surface area is 88.7 Å². The van der Waals surface area contributed by atoms with Crippen molar-refractivity contribution < 1.29 is 14.6 Å². The van der Waals surface area contributed by atoms with Gasteiger partial charge in [-0.3, -0.25) is 5.73 Å². The second-order valence-corrected chi connectivity index (χ2v) is 3.67. The van der Waals surface area contributed by atoms with Gasteiger partial charge in [0.2, 0.25) is 0 Å². The number of carboxylic acids is 1. The van der Waals surface area contributed by atoms with Gasteiger partial charge in [0.05, 0.1) is 0 Å². The summed E-state index contributed by atoms with van der Waals surface area (Å²) in [6, 6.07) is 8.69. The van der Waals surface area contributed by atoms with Crippen LogP contribution in [0.15, 0.2) is 30.3 Å². The summed E-state index contributed by atoms with van der Waals surface area (Å²) in [4.78, 5) is 11.0. The van der Waals surface area contributed by atoms with Gasteiger partial charge in [-0.2, -0.15) is 0 Å². The Morgan fingerprint density at radius 2 is 1.93 bits per heavy atom. The highest BCUT2D eigenvalue weighted by Gasteiger charge is 2.40. The number of hydrogen-bond acceptors (Lipinski definition) is 3. The second-order valence-electron chi connectivity index (χ2n) is 3.67. The van der Waals surface area contributed by atoms with Gasteiger partial charge < -0.3 is 9.84 Å². The lowest BCUT2D eigenvalue weighted by molar-refractivity contribution is -0.159. The summed E-state index contributed by atoms with van der Waals surface area (Å²) in [7, 11) is 0. The Hall–Kier alpha value is -1.55. The van der Waals surface area contributed by atoms with E-state index in [2.05, 4.69) is 0 Å². The summed E-state index contributed by atoms with van der Waals surface area (Å²) in [6.07, 6.45) is 0. The van der Waals surface area contributed by atoms with Crippen LogP contribution >= 0.6 is 0 Å². The molecule has 0 aromatic heterocycles. The highest BCUT2D eigenvalue weighted by atomic mass is 16.5. The molecule has 0 saturated heterocycles. The number of benzene rings is 1. The summed E-state index contributed by atoms with van der Waals surface area (Å²) < 4.78 is 5.30. The van der Waals surface area contributed by atoms with Crippen molar-refractivity contribution in [2.24, 2.45) is 11.7 Å². The first-order valence-corrected chi connectivity index (χ1v) is 4.73. The number of carbonyl (C=O) groups is 1. The van der Waals surface area contributed by atoms with Crippen LogP contribution in [0.5, 0.6) is 5.75 Å². The Bertz CT molecular complexity index is 337. The number of aliphatic carboxylic acids is 1. The molecule has 0 radical (unpaired) electrons. The molecule has 4 heteroatoms. The van der Waals surface area contributed by atoms with Crippen LogP contribution in [-0.4, -0.2) is 16.8 Å². The molecule has 1 aromatic carbocycles. The van der Waals surface area contributed by atoms with Crippen LogP contribution in [0.25, 0.3) is 0 Å². The van der Waals surface area contributed by atoms with Gasteiger partial charge in [-0.15, -0.1) is 0 Å². The Morgan fingerprint density at radius 1 is 1.40 bits per heavy atom. The Kier molecular flexibility index (Phi) is 3.31. The van der Waals surface area contributed by atoms with Crippen LogP contribution in [0.3, 0.4) is 0 Å². The molecular formula is C11H15NO3. The first kappa shape index (κ1) is 11.5. The van der Waals surface area contributed by atoms with Crippen molar-refractivity contribution in [2.75, 3.05) is 0 Å². The van der Waals surface area contributed by atoms with Crippen molar-refractivity contribution in [3.8, 4) is 5.75 Å². The third-order valence-electron chi connectivity index (χ3n) is 2.22. The maximum absolute atomic E-state index is 11.0. The van der Waals surface area contributed by atoms with E-state index in [1.54, 1.807) is 38.1 Å². The minimum absolute atomic E-state index is 0.324. The number of nitrogens with two attached hydrogens (primary N) is 1. The van der Waals surface area contributed by atoms with Crippen molar-refractivity contribution in [3.05, 3.63) is 30.3 Å². The zero-order valence-electron chi connectivity index (χ0n) is 8.81. The summed E-state index contributed by atoms with van der Waals surface area (Å²) >= 11 is 0. The minimum Gasteiger partial charge on any atom is -0.477 e. The average molecular weight is 209 g/mol. The summed E-state index contributed by atoms with van der Waals surface area (Å²) in [5.41, 5.74) is 4.01. The fraction of sp³-hybridized carbons (Fsp3) is 0.364. The number of carboxylic acid groups (broad SMARTS) is 1.